The zero-order valence-electron chi connectivity index (χ0n) is 18.7. The van der Waals surface area contributed by atoms with E-state index in [0.29, 0.717) is 5.11 Å². The minimum Gasteiger partial charge on any atom is -0.331 e. The highest BCUT2D eigenvalue weighted by molar-refractivity contribution is 7.80. The van der Waals surface area contributed by atoms with Crippen LogP contribution in [0.15, 0.2) is 108 Å². The monoisotopic (exact) mass is 450 g/mol. The number of nitrogens with one attached hydrogen (secondary N) is 2. The lowest BCUT2D eigenvalue weighted by Crippen LogP contribution is -2.24. The first-order chi connectivity index (χ1) is 16.1. The molecule has 0 bridgehead atoms. The molecule has 4 aromatic carbocycles. The van der Waals surface area contributed by atoms with Gasteiger partial charge in [0.15, 0.2) is 5.11 Å². The summed E-state index contributed by atoms with van der Waals surface area (Å²) in [5.41, 5.74) is 10.5. The van der Waals surface area contributed by atoms with Crippen molar-refractivity contribution in [2.24, 2.45) is 5.10 Å². The molecule has 0 heterocycles. The number of anilines is 4. The molecule has 0 spiro atoms. The van der Waals surface area contributed by atoms with E-state index in [-0.39, 0.29) is 0 Å². The first-order valence-corrected chi connectivity index (χ1v) is 11.2. The number of hydrogen-bond acceptors (Lipinski definition) is 3. The number of aryl methyl sites for hydroxylation is 2. The fourth-order valence-corrected chi connectivity index (χ4v) is 3.74. The second-order valence-electron chi connectivity index (χ2n) is 7.74. The zero-order chi connectivity index (χ0) is 23.0. The van der Waals surface area contributed by atoms with Gasteiger partial charge in [0.2, 0.25) is 0 Å². The van der Waals surface area contributed by atoms with Crippen LogP contribution in [0.2, 0.25) is 0 Å². The number of benzene rings is 4. The molecule has 0 aliphatic heterocycles. The van der Waals surface area contributed by atoms with Crippen molar-refractivity contribution in [3.05, 3.63) is 120 Å². The molecule has 4 nitrogen and oxygen atoms in total. The molecule has 5 heteroatoms. The number of para-hydroxylation sites is 2. The number of hydrogen-bond donors (Lipinski definition) is 2. The highest BCUT2D eigenvalue weighted by Crippen LogP contribution is 2.33. The molecule has 0 aromatic heterocycles. The van der Waals surface area contributed by atoms with Crippen LogP contribution in [0, 0.1) is 13.8 Å². The predicted octanol–water partition coefficient (Wildman–Crippen LogP) is 7.09. The second kappa shape index (κ2) is 10.6. The van der Waals surface area contributed by atoms with Gasteiger partial charge in [-0.1, -0.05) is 66.2 Å². The molecule has 0 radical (unpaired) electrons. The summed E-state index contributed by atoms with van der Waals surface area (Å²) in [5, 5.41) is 7.92. The highest BCUT2D eigenvalue weighted by Gasteiger charge is 2.11. The van der Waals surface area contributed by atoms with Gasteiger partial charge in [-0.25, -0.2) is 0 Å². The van der Waals surface area contributed by atoms with E-state index in [9.17, 15) is 0 Å². The first-order valence-electron chi connectivity index (χ1n) is 10.8. The van der Waals surface area contributed by atoms with Gasteiger partial charge in [0.1, 0.15) is 0 Å². The molecule has 0 saturated carbocycles. The zero-order valence-corrected chi connectivity index (χ0v) is 19.5. The Morgan fingerprint density at radius 1 is 0.758 bits per heavy atom. The number of rotatable bonds is 6. The Labute approximate surface area is 200 Å². The van der Waals surface area contributed by atoms with Crippen LogP contribution in [-0.2, 0) is 0 Å². The van der Waals surface area contributed by atoms with Crippen molar-refractivity contribution in [2.75, 3.05) is 10.2 Å². The molecule has 4 aromatic rings. The van der Waals surface area contributed by atoms with Gasteiger partial charge in [-0.05, 0) is 79.7 Å². The molecule has 0 aliphatic carbocycles. The van der Waals surface area contributed by atoms with Gasteiger partial charge in [0.05, 0.1) is 6.21 Å². The maximum atomic E-state index is 5.36. The summed E-state index contributed by atoms with van der Waals surface area (Å²) >= 11 is 5.36. The summed E-state index contributed by atoms with van der Waals surface area (Å²) in [5.74, 6) is 0. The van der Waals surface area contributed by atoms with Crippen LogP contribution >= 0.6 is 12.2 Å². The van der Waals surface area contributed by atoms with Crippen molar-refractivity contribution in [3.8, 4) is 0 Å². The van der Waals surface area contributed by atoms with Crippen molar-refractivity contribution in [1.29, 1.82) is 0 Å². The van der Waals surface area contributed by atoms with Gasteiger partial charge in [-0.3, -0.25) is 5.43 Å². The van der Waals surface area contributed by atoms with Crippen molar-refractivity contribution in [2.45, 2.75) is 13.8 Å². The third-order valence-corrected chi connectivity index (χ3v) is 5.38. The molecule has 0 saturated heterocycles. The van der Waals surface area contributed by atoms with Crippen LogP contribution in [0.1, 0.15) is 16.7 Å². The average molecular weight is 451 g/mol. The third kappa shape index (κ3) is 5.84. The van der Waals surface area contributed by atoms with E-state index in [4.69, 9.17) is 12.2 Å². The molecule has 0 fully saturated rings. The Bertz CT molecular complexity index is 1200. The second-order valence-corrected chi connectivity index (χ2v) is 8.15. The van der Waals surface area contributed by atoms with Crippen LogP contribution < -0.4 is 15.6 Å². The van der Waals surface area contributed by atoms with Gasteiger partial charge < -0.3 is 10.2 Å². The molecular weight excluding hydrogens is 424 g/mol. The normalized spacial score (nSPS) is 10.7. The molecule has 0 amide bonds. The van der Waals surface area contributed by atoms with Crippen LogP contribution in [0.3, 0.4) is 0 Å². The van der Waals surface area contributed by atoms with Gasteiger partial charge >= 0.3 is 0 Å². The Kier molecular flexibility index (Phi) is 7.12. The predicted molar refractivity (Wildman–Crippen MR) is 144 cm³/mol. The van der Waals surface area contributed by atoms with E-state index in [1.807, 2.05) is 54.6 Å². The maximum absolute atomic E-state index is 5.36. The summed E-state index contributed by atoms with van der Waals surface area (Å²) in [6.45, 7) is 4.12. The average Bonchev–Trinajstić information content (AvgIpc) is 2.83. The fraction of sp³-hybridized carbons (Fsp3) is 0.0714. The lowest BCUT2D eigenvalue weighted by atomic mass is 10.1. The molecule has 0 unspecified atom stereocenters. The van der Waals surface area contributed by atoms with Crippen LogP contribution in [0.4, 0.5) is 22.7 Å². The van der Waals surface area contributed by atoms with Gasteiger partial charge in [0, 0.05) is 22.7 Å². The summed E-state index contributed by atoms with van der Waals surface area (Å²) in [4.78, 5) is 2.22. The lowest BCUT2D eigenvalue weighted by molar-refractivity contribution is 1.05. The Balaban J connectivity index is 1.44. The molecule has 2 N–H and O–H groups in total. The number of nitrogens with zero attached hydrogens (tertiary/aromatic N) is 2. The number of thiocarbonyl (C=S) groups is 1. The lowest BCUT2D eigenvalue weighted by Gasteiger charge is -2.25. The van der Waals surface area contributed by atoms with E-state index >= 15 is 0 Å². The Hall–Kier alpha value is -3.96. The van der Waals surface area contributed by atoms with Gasteiger partial charge in [-0.2, -0.15) is 5.10 Å². The number of hydrazone groups is 1. The molecule has 0 atom stereocenters. The van der Waals surface area contributed by atoms with Gasteiger partial charge in [0.25, 0.3) is 0 Å². The van der Waals surface area contributed by atoms with Crippen molar-refractivity contribution < 1.29 is 0 Å². The van der Waals surface area contributed by atoms with E-state index in [1.54, 1.807) is 6.21 Å². The summed E-state index contributed by atoms with van der Waals surface area (Å²) in [6.07, 6.45) is 1.76. The van der Waals surface area contributed by atoms with Crippen LogP contribution in [-0.4, -0.2) is 11.3 Å². The molecule has 33 heavy (non-hydrogen) atoms. The highest BCUT2D eigenvalue weighted by atomic mass is 32.1. The third-order valence-electron chi connectivity index (χ3n) is 5.19. The first kappa shape index (κ1) is 22.2. The van der Waals surface area contributed by atoms with Crippen molar-refractivity contribution in [3.63, 3.8) is 0 Å². The maximum Gasteiger partial charge on any atom is 0.191 e. The quantitative estimate of drug-likeness (QED) is 0.187. The smallest absolute Gasteiger partial charge is 0.191 e. The van der Waals surface area contributed by atoms with Crippen molar-refractivity contribution >= 4 is 46.3 Å². The SMILES string of the molecule is Cc1ccc(NC(=S)NN=Cc2ccc(N(c3ccccc3)c3ccccc3)cc2)c(C)c1. The summed E-state index contributed by atoms with van der Waals surface area (Å²) in [6, 6.07) is 35.1. The topological polar surface area (TPSA) is 39.7 Å². The Morgan fingerprint density at radius 2 is 1.33 bits per heavy atom. The van der Waals surface area contributed by atoms with Gasteiger partial charge in [-0.15, -0.1) is 0 Å². The van der Waals surface area contributed by atoms with E-state index < -0.39 is 0 Å². The van der Waals surface area contributed by atoms with E-state index in [1.165, 1.54) is 5.56 Å². The largest absolute Gasteiger partial charge is 0.331 e. The Morgan fingerprint density at radius 3 is 1.91 bits per heavy atom. The van der Waals surface area contributed by atoms with Crippen molar-refractivity contribution in [1.82, 2.24) is 5.43 Å². The van der Waals surface area contributed by atoms with Crippen LogP contribution in [0.5, 0.6) is 0 Å². The molecule has 0 aliphatic rings. The minimum atomic E-state index is 0.453. The fourth-order valence-electron chi connectivity index (χ4n) is 3.58. The molecule has 164 valence electrons. The minimum absolute atomic E-state index is 0.453. The van der Waals surface area contributed by atoms with Crippen LogP contribution in [0.25, 0.3) is 0 Å². The molecule has 4 rings (SSSR count). The van der Waals surface area contributed by atoms with E-state index in [2.05, 4.69) is 83.1 Å². The van der Waals surface area contributed by atoms with E-state index in [0.717, 1.165) is 33.9 Å². The molecular formula is C28H26N4S. The summed E-state index contributed by atoms with van der Waals surface area (Å²) in [7, 11) is 0. The summed E-state index contributed by atoms with van der Waals surface area (Å²) < 4.78 is 0. The standard InChI is InChI=1S/C28H26N4S/c1-21-13-18-27(22(2)19-21)30-28(33)31-29-20-23-14-16-26(17-15-23)32(24-9-5-3-6-10-24)25-11-7-4-8-12-25/h3-20H,1-2H3,(H2,30,31,33).